The maximum atomic E-state index is 14.0. The SMILES string of the molecule is Cc1ccc(=O)n(CC2(O)CC3CCCC(C2)N3C(=O)Cc2ccccc2F)n1. The van der Waals surface area contributed by atoms with Gasteiger partial charge in [0.15, 0.2) is 0 Å². The smallest absolute Gasteiger partial charge is 0.266 e. The number of benzene rings is 1. The van der Waals surface area contributed by atoms with Crippen molar-refractivity contribution in [2.75, 3.05) is 0 Å². The second-order valence-electron chi connectivity index (χ2n) is 8.41. The third kappa shape index (κ3) is 4.10. The first-order valence-corrected chi connectivity index (χ1v) is 10.2. The lowest BCUT2D eigenvalue weighted by atomic mass is 9.75. The zero-order valence-corrected chi connectivity index (χ0v) is 16.6. The number of halogens is 1. The maximum absolute atomic E-state index is 14.0. The number of piperidine rings is 2. The van der Waals surface area contributed by atoms with Crippen molar-refractivity contribution in [2.45, 2.75) is 69.7 Å². The number of amides is 1. The maximum Gasteiger partial charge on any atom is 0.266 e. The standard InChI is InChI=1S/C22H26FN3O3/c1-15-9-10-20(27)25(24-15)14-22(29)12-17-6-4-7-18(13-22)26(17)21(28)11-16-5-2-3-8-19(16)23/h2-3,5,8-10,17-18,29H,4,6-7,11-14H2,1H3. The lowest BCUT2D eigenvalue weighted by molar-refractivity contribution is -0.152. The van der Waals surface area contributed by atoms with Gasteiger partial charge >= 0.3 is 0 Å². The van der Waals surface area contributed by atoms with Crippen molar-refractivity contribution >= 4 is 5.91 Å². The van der Waals surface area contributed by atoms with Crippen LogP contribution >= 0.6 is 0 Å². The molecular weight excluding hydrogens is 373 g/mol. The molecule has 1 amide bonds. The van der Waals surface area contributed by atoms with Crippen molar-refractivity contribution in [1.82, 2.24) is 14.7 Å². The molecule has 2 unspecified atom stereocenters. The van der Waals surface area contributed by atoms with Crippen molar-refractivity contribution in [3.63, 3.8) is 0 Å². The van der Waals surface area contributed by atoms with Gasteiger partial charge < -0.3 is 10.0 Å². The summed E-state index contributed by atoms with van der Waals surface area (Å²) in [6, 6.07) is 9.25. The van der Waals surface area contributed by atoms with Crippen LogP contribution in [-0.2, 0) is 17.8 Å². The van der Waals surface area contributed by atoms with Gasteiger partial charge in [0.2, 0.25) is 5.91 Å². The third-order valence-electron chi connectivity index (χ3n) is 6.12. The van der Waals surface area contributed by atoms with Crippen LogP contribution in [0, 0.1) is 12.7 Å². The molecule has 1 N–H and O–H groups in total. The van der Waals surface area contributed by atoms with Crippen molar-refractivity contribution < 1.29 is 14.3 Å². The van der Waals surface area contributed by atoms with E-state index in [4.69, 9.17) is 0 Å². The lowest BCUT2D eigenvalue weighted by Gasteiger charge is -2.52. The van der Waals surface area contributed by atoms with E-state index >= 15 is 0 Å². The van der Waals surface area contributed by atoms with E-state index in [1.807, 2.05) is 4.90 Å². The highest BCUT2D eigenvalue weighted by molar-refractivity contribution is 5.79. The minimum atomic E-state index is -1.09. The average Bonchev–Trinajstić information content (AvgIpc) is 2.65. The van der Waals surface area contributed by atoms with Gasteiger partial charge in [0.05, 0.1) is 24.3 Å². The Labute approximate surface area is 169 Å². The van der Waals surface area contributed by atoms with Crippen molar-refractivity contribution in [2.24, 2.45) is 0 Å². The molecule has 2 aliphatic heterocycles. The van der Waals surface area contributed by atoms with Crippen molar-refractivity contribution in [3.8, 4) is 0 Å². The molecule has 3 heterocycles. The summed E-state index contributed by atoms with van der Waals surface area (Å²) in [6.45, 7) is 1.93. The zero-order chi connectivity index (χ0) is 20.6. The number of nitrogens with zero attached hydrogens (tertiary/aromatic N) is 3. The van der Waals surface area contributed by atoms with Crippen LogP contribution in [0.3, 0.4) is 0 Å². The first-order chi connectivity index (χ1) is 13.8. The van der Waals surface area contributed by atoms with Gasteiger partial charge in [-0.05, 0) is 56.7 Å². The Morgan fingerprint density at radius 1 is 1.21 bits per heavy atom. The average molecular weight is 399 g/mol. The van der Waals surface area contributed by atoms with Crippen LogP contribution in [0.25, 0.3) is 0 Å². The fourth-order valence-corrected chi connectivity index (χ4v) is 4.90. The zero-order valence-electron chi connectivity index (χ0n) is 16.6. The van der Waals surface area contributed by atoms with E-state index in [0.717, 1.165) is 19.3 Å². The van der Waals surface area contributed by atoms with Crippen LogP contribution in [-0.4, -0.2) is 43.4 Å². The van der Waals surface area contributed by atoms with E-state index in [2.05, 4.69) is 5.10 Å². The molecule has 2 atom stereocenters. The second-order valence-corrected chi connectivity index (χ2v) is 8.41. The summed E-state index contributed by atoms with van der Waals surface area (Å²) in [6.07, 6.45) is 3.42. The molecule has 29 heavy (non-hydrogen) atoms. The van der Waals surface area contributed by atoms with Gasteiger partial charge in [0.1, 0.15) is 5.82 Å². The predicted molar refractivity (Wildman–Crippen MR) is 106 cm³/mol. The Balaban J connectivity index is 1.53. The van der Waals surface area contributed by atoms with Crippen LogP contribution in [0.4, 0.5) is 4.39 Å². The highest BCUT2D eigenvalue weighted by Gasteiger charge is 2.47. The number of fused-ring (bicyclic) bond motifs is 2. The van der Waals surface area contributed by atoms with Gasteiger partial charge in [-0.25, -0.2) is 9.07 Å². The fourth-order valence-electron chi connectivity index (χ4n) is 4.90. The van der Waals surface area contributed by atoms with E-state index < -0.39 is 5.60 Å². The predicted octanol–water partition coefficient (Wildman–Crippen LogP) is 2.21. The molecule has 1 aromatic heterocycles. The molecule has 4 rings (SSSR count). The quantitative estimate of drug-likeness (QED) is 0.855. The minimum absolute atomic E-state index is 0.0248. The third-order valence-corrected chi connectivity index (χ3v) is 6.12. The van der Waals surface area contributed by atoms with Gasteiger partial charge in [-0.15, -0.1) is 0 Å². The molecule has 0 radical (unpaired) electrons. The molecule has 2 saturated heterocycles. The number of aryl methyl sites for hydroxylation is 1. The van der Waals surface area contributed by atoms with E-state index in [1.165, 1.54) is 16.8 Å². The topological polar surface area (TPSA) is 75.4 Å². The summed E-state index contributed by atoms with van der Waals surface area (Å²) < 4.78 is 15.3. The number of hydrogen-bond donors (Lipinski definition) is 1. The molecule has 7 heteroatoms. The number of hydrogen-bond acceptors (Lipinski definition) is 4. The van der Waals surface area contributed by atoms with Gasteiger partial charge in [-0.1, -0.05) is 18.2 Å². The van der Waals surface area contributed by atoms with Gasteiger partial charge in [-0.2, -0.15) is 5.10 Å². The molecular formula is C22H26FN3O3. The number of carbonyl (C=O) groups excluding carboxylic acids is 1. The summed E-state index contributed by atoms with van der Waals surface area (Å²) in [7, 11) is 0. The second kappa shape index (κ2) is 7.71. The van der Waals surface area contributed by atoms with Crippen LogP contribution in [0.1, 0.15) is 43.4 Å². The number of aliphatic hydroxyl groups is 1. The molecule has 0 spiro atoms. The van der Waals surface area contributed by atoms with Crippen LogP contribution in [0.5, 0.6) is 0 Å². The monoisotopic (exact) mass is 399 g/mol. The number of rotatable bonds is 4. The van der Waals surface area contributed by atoms with Gasteiger partial charge in [0.25, 0.3) is 5.56 Å². The molecule has 6 nitrogen and oxygen atoms in total. The summed E-state index contributed by atoms with van der Waals surface area (Å²) in [5.41, 5.74) is -0.222. The van der Waals surface area contributed by atoms with Crippen molar-refractivity contribution in [3.05, 3.63) is 63.8 Å². The first kappa shape index (κ1) is 19.8. The Morgan fingerprint density at radius 3 is 2.59 bits per heavy atom. The Bertz CT molecular complexity index is 960. The van der Waals surface area contributed by atoms with Crippen LogP contribution < -0.4 is 5.56 Å². The van der Waals surface area contributed by atoms with Crippen molar-refractivity contribution in [1.29, 1.82) is 0 Å². The Morgan fingerprint density at radius 2 is 1.90 bits per heavy atom. The molecule has 0 aliphatic carbocycles. The summed E-state index contributed by atoms with van der Waals surface area (Å²) >= 11 is 0. The van der Waals surface area contributed by atoms with E-state index in [1.54, 1.807) is 31.2 Å². The summed E-state index contributed by atoms with van der Waals surface area (Å²) in [4.78, 5) is 27.0. The Kier molecular flexibility index (Phi) is 5.25. The highest BCUT2D eigenvalue weighted by Crippen LogP contribution is 2.40. The Hall–Kier alpha value is -2.54. The van der Waals surface area contributed by atoms with Crippen LogP contribution in [0.15, 0.2) is 41.2 Å². The van der Waals surface area contributed by atoms with E-state index in [0.29, 0.717) is 24.1 Å². The molecule has 0 saturated carbocycles. The lowest BCUT2D eigenvalue weighted by Crippen LogP contribution is -2.61. The van der Waals surface area contributed by atoms with E-state index in [9.17, 15) is 19.1 Å². The van der Waals surface area contributed by atoms with E-state index in [-0.39, 0.29) is 42.3 Å². The molecule has 154 valence electrons. The molecule has 1 aromatic carbocycles. The summed E-state index contributed by atoms with van der Waals surface area (Å²) in [5, 5.41) is 15.5. The highest BCUT2D eigenvalue weighted by atomic mass is 19.1. The molecule has 2 fully saturated rings. The molecule has 2 aromatic rings. The van der Waals surface area contributed by atoms with Gasteiger partial charge in [0, 0.05) is 18.2 Å². The molecule has 2 aliphatic rings. The van der Waals surface area contributed by atoms with Gasteiger partial charge in [-0.3, -0.25) is 9.59 Å². The molecule has 2 bridgehead atoms. The normalized spacial score (nSPS) is 26.4. The summed E-state index contributed by atoms with van der Waals surface area (Å²) in [5.74, 6) is -0.470. The number of carbonyl (C=O) groups is 1. The van der Waals surface area contributed by atoms with Crippen LogP contribution in [0.2, 0.25) is 0 Å². The fraction of sp³-hybridized carbons (Fsp3) is 0.500. The largest absolute Gasteiger partial charge is 0.388 e. The number of aromatic nitrogens is 2. The minimum Gasteiger partial charge on any atom is -0.388 e. The first-order valence-electron chi connectivity index (χ1n) is 10.2.